The van der Waals surface area contributed by atoms with E-state index in [-0.39, 0.29) is 18.6 Å². The number of carbonyl (C=O) groups is 1. The van der Waals surface area contributed by atoms with E-state index in [0.717, 1.165) is 17.8 Å². The summed E-state index contributed by atoms with van der Waals surface area (Å²) in [5.41, 5.74) is 2.52. The molecule has 3 heterocycles. The fourth-order valence-electron chi connectivity index (χ4n) is 3.32. The molecule has 2 aliphatic heterocycles. The van der Waals surface area contributed by atoms with E-state index < -0.39 is 0 Å². The van der Waals surface area contributed by atoms with Gasteiger partial charge in [-0.1, -0.05) is 0 Å². The van der Waals surface area contributed by atoms with Crippen LogP contribution in [0.5, 0.6) is 11.5 Å². The molecule has 2 aliphatic rings. The highest BCUT2D eigenvalue weighted by atomic mass is 16.7. The normalized spacial score (nSPS) is 19.3. The number of nitrogens with zero attached hydrogens (tertiary/aromatic N) is 3. The fraction of sp³-hybridized carbons (Fsp3) is 0.421. The number of hydrogen-bond donors (Lipinski definition) is 0. The Morgan fingerprint density at radius 3 is 3.00 bits per heavy atom. The first-order chi connectivity index (χ1) is 12.7. The summed E-state index contributed by atoms with van der Waals surface area (Å²) in [6.07, 6.45) is 2.34. The van der Waals surface area contributed by atoms with E-state index in [2.05, 4.69) is 9.97 Å². The Balaban J connectivity index is 1.47. The minimum Gasteiger partial charge on any atom is -0.454 e. The Morgan fingerprint density at radius 1 is 1.23 bits per heavy atom. The molecule has 136 valence electrons. The molecule has 1 aromatic heterocycles. The maximum atomic E-state index is 13.0. The topological polar surface area (TPSA) is 73.8 Å². The van der Waals surface area contributed by atoms with Crippen molar-refractivity contribution in [2.45, 2.75) is 13.3 Å². The van der Waals surface area contributed by atoms with E-state index in [1.807, 2.05) is 17.9 Å². The van der Waals surface area contributed by atoms with Crippen molar-refractivity contribution in [1.29, 1.82) is 0 Å². The van der Waals surface area contributed by atoms with Gasteiger partial charge in [-0.3, -0.25) is 4.79 Å². The van der Waals surface area contributed by atoms with Gasteiger partial charge >= 0.3 is 0 Å². The van der Waals surface area contributed by atoms with Crippen molar-refractivity contribution < 1.29 is 19.0 Å². The van der Waals surface area contributed by atoms with E-state index >= 15 is 0 Å². The molecular weight excluding hydrogens is 334 g/mol. The van der Waals surface area contributed by atoms with Crippen molar-refractivity contribution in [2.24, 2.45) is 5.92 Å². The summed E-state index contributed by atoms with van der Waals surface area (Å²) < 4.78 is 16.4. The van der Waals surface area contributed by atoms with Crippen LogP contribution in [0, 0.1) is 12.8 Å². The van der Waals surface area contributed by atoms with Crippen molar-refractivity contribution in [1.82, 2.24) is 14.9 Å². The Hall–Kier alpha value is -2.67. The van der Waals surface area contributed by atoms with Gasteiger partial charge in [-0.05, 0) is 37.6 Å². The molecule has 7 nitrogen and oxygen atoms in total. The van der Waals surface area contributed by atoms with Gasteiger partial charge in [-0.25, -0.2) is 9.97 Å². The third kappa shape index (κ3) is 3.62. The van der Waals surface area contributed by atoms with E-state index in [1.54, 1.807) is 24.5 Å². The lowest BCUT2D eigenvalue weighted by molar-refractivity contribution is 0.0737. The monoisotopic (exact) mass is 355 g/mol. The Labute approximate surface area is 151 Å². The van der Waals surface area contributed by atoms with Gasteiger partial charge in [0.05, 0.1) is 13.2 Å². The van der Waals surface area contributed by atoms with Crippen molar-refractivity contribution in [3.05, 3.63) is 47.5 Å². The van der Waals surface area contributed by atoms with Crippen molar-refractivity contribution in [3.63, 3.8) is 0 Å². The van der Waals surface area contributed by atoms with E-state index in [0.29, 0.717) is 43.4 Å². The molecular formula is C19H21N3O4. The lowest BCUT2D eigenvalue weighted by atomic mass is 10.0. The van der Waals surface area contributed by atoms with Crippen molar-refractivity contribution in [2.75, 3.05) is 33.1 Å². The second-order valence-electron chi connectivity index (χ2n) is 6.61. The number of carbonyl (C=O) groups excluding carboxylic acids is 1. The third-order valence-electron chi connectivity index (χ3n) is 4.60. The first-order valence-corrected chi connectivity index (χ1v) is 8.73. The van der Waals surface area contributed by atoms with E-state index in [4.69, 9.17) is 14.2 Å². The molecule has 26 heavy (non-hydrogen) atoms. The van der Waals surface area contributed by atoms with Gasteiger partial charge in [0.2, 0.25) is 6.79 Å². The average Bonchev–Trinajstić information content (AvgIpc) is 2.99. The molecule has 1 amide bonds. The summed E-state index contributed by atoms with van der Waals surface area (Å²) in [5, 5.41) is 0. The van der Waals surface area contributed by atoms with Gasteiger partial charge in [0.15, 0.2) is 11.5 Å². The zero-order chi connectivity index (χ0) is 17.9. The lowest BCUT2D eigenvalue weighted by Crippen LogP contribution is -2.36. The number of amides is 1. The van der Waals surface area contributed by atoms with Crippen LogP contribution in [0.3, 0.4) is 0 Å². The molecule has 0 saturated carbocycles. The van der Waals surface area contributed by atoms with E-state index in [1.165, 1.54) is 0 Å². The van der Waals surface area contributed by atoms with Crippen LogP contribution < -0.4 is 9.47 Å². The largest absolute Gasteiger partial charge is 0.454 e. The fourth-order valence-corrected chi connectivity index (χ4v) is 3.32. The number of ether oxygens (including phenoxy) is 3. The number of benzene rings is 1. The van der Waals surface area contributed by atoms with Crippen LogP contribution in [0.4, 0.5) is 0 Å². The smallest absolute Gasteiger partial charge is 0.254 e. The highest BCUT2D eigenvalue weighted by Gasteiger charge is 2.25. The number of rotatable bonds is 3. The molecule has 1 saturated heterocycles. The van der Waals surface area contributed by atoms with Crippen LogP contribution in [0.1, 0.15) is 21.7 Å². The molecule has 4 rings (SSSR count). The maximum Gasteiger partial charge on any atom is 0.254 e. The third-order valence-corrected chi connectivity index (χ3v) is 4.60. The highest BCUT2D eigenvalue weighted by Crippen LogP contribution is 2.33. The molecule has 1 aromatic carbocycles. The minimum atomic E-state index is -0.0160. The summed E-state index contributed by atoms with van der Waals surface area (Å²) in [4.78, 5) is 23.3. The van der Waals surface area contributed by atoms with Crippen LogP contribution in [-0.2, 0) is 11.2 Å². The molecule has 7 heteroatoms. The maximum absolute atomic E-state index is 13.0. The second kappa shape index (κ2) is 7.29. The molecule has 1 fully saturated rings. The first-order valence-electron chi connectivity index (χ1n) is 8.73. The van der Waals surface area contributed by atoms with Crippen LogP contribution in [0.15, 0.2) is 30.6 Å². The molecule has 0 bridgehead atoms. The van der Waals surface area contributed by atoms with Gasteiger partial charge in [0.1, 0.15) is 6.33 Å². The number of hydrogen-bond acceptors (Lipinski definition) is 6. The van der Waals surface area contributed by atoms with Crippen LogP contribution in [0.25, 0.3) is 0 Å². The minimum absolute atomic E-state index is 0.0160. The lowest BCUT2D eigenvalue weighted by Gasteiger charge is -2.23. The number of fused-ring (bicyclic) bond motifs is 1. The van der Waals surface area contributed by atoms with Crippen molar-refractivity contribution in [3.8, 4) is 11.5 Å². The molecule has 1 atom stereocenters. The SMILES string of the molecule is Cc1cc(C[C@@H]2COCCN(C(=O)c3ccc4c(c3)OCO4)C2)ncn1. The summed E-state index contributed by atoms with van der Waals surface area (Å²) in [5.74, 6) is 1.48. The zero-order valence-electron chi connectivity index (χ0n) is 14.7. The quantitative estimate of drug-likeness (QED) is 0.837. The molecule has 0 radical (unpaired) electrons. The zero-order valence-corrected chi connectivity index (χ0v) is 14.7. The van der Waals surface area contributed by atoms with Crippen molar-refractivity contribution >= 4 is 5.91 Å². The summed E-state index contributed by atoms with van der Waals surface area (Å²) in [7, 11) is 0. The number of aryl methyl sites for hydroxylation is 1. The first kappa shape index (κ1) is 16.8. The van der Waals surface area contributed by atoms with Gasteiger partial charge in [-0.15, -0.1) is 0 Å². The van der Waals surface area contributed by atoms with Crippen LogP contribution >= 0.6 is 0 Å². The Morgan fingerprint density at radius 2 is 2.12 bits per heavy atom. The Bertz CT molecular complexity index is 811. The molecule has 2 aromatic rings. The van der Waals surface area contributed by atoms with Gasteiger partial charge in [0, 0.05) is 36.0 Å². The summed E-state index contributed by atoms with van der Waals surface area (Å²) >= 11 is 0. The molecule has 0 N–H and O–H groups in total. The Kier molecular flexibility index (Phi) is 4.71. The standard InChI is InChI=1S/C19H21N3O4/c1-13-6-16(21-11-20-13)7-14-9-22(4-5-24-10-14)19(23)15-2-3-17-18(8-15)26-12-25-17/h2-3,6,8,11,14H,4-5,7,9-10,12H2,1H3/t14-/m0/s1. The average molecular weight is 355 g/mol. The number of aromatic nitrogens is 2. The molecule has 0 unspecified atom stereocenters. The van der Waals surface area contributed by atoms with Crippen LogP contribution in [-0.4, -0.2) is 53.9 Å². The highest BCUT2D eigenvalue weighted by molar-refractivity contribution is 5.95. The van der Waals surface area contributed by atoms with Crippen LogP contribution in [0.2, 0.25) is 0 Å². The molecule has 0 aliphatic carbocycles. The predicted octanol–water partition coefficient (Wildman–Crippen LogP) is 1.85. The predicted molar refractivity (Wildman–Crippen MR) is 93.3 cm³/mol. The van der Waals surface area contributed by atoms with Gasteiger partial charge < -0.3 is 19.1 Å². The molecule has 0 spiro atoms. The van der Waals surface area contributed by atoms with Gasteiger partial charge in [-0.2, -0.15) is 0 Å². The summed E-state index contributed by atoms with van der Waals surface area (Å²) in [6, 6.07) is 7.30. The second-order valence-corrected chi connectivity index (χ2v) is 6.61. The van der Waals surface area contributed by atoms with E-state index in [9.17, 15) is 4.79 Å². The van der Waals surface area contributed by atoms with Gasteiger partial charge in [0.25, 0.3) is 5.91 Å². The summed E-state index contributed by atoms with van der Waals surface area (Å²) in [6.45, 7) is 4.52.